The maximum atomic E-state index is 11.2. The van der Waals surface area contributed by atoms with Gasteiger partial charge in [0.15, 0.2) is 0 Å². The second kappa shape index (κ2) is 6.30. The molecule has 0 saturated carbocycles. The van der Waals surface area contributed by atoms with Gasteiger partial charge in [0, 0.05) is 6.20 Å². The van der Waals surface area contributed by atoms with Crippen molar-refractivity contribution in [1.82, 2.24) is 4.98 Å². The van der Waals surface area contributed by atoms with Crippen LogP contribution >= 0.6 is 0 Å². The van der Waals surface area contributed by atoms with Gasteiger partial charge in [0.2, 0.25) is 0 Å². The summed E-state index contributed by atoms with van der Waals surface area (Å²) in [7, 11) is 1.36. The van der Waals surface area contributed by atoms with Crippen molar-refractivity contribution in [3.63, 3.8) is 0 Å². The summed E-state index contributed by atoms with van der Waals surface area (Å²) in [4.78, 5) is 15.3. The van der Waals surface area contributed by atoms with Crippen LogP contribution in [-0.4, -0.2) is 24.3 Å². The number of hydrazone groups is 1. The van der Waals surface area contributed by atoms with Gasteiger partial charge in [-0.15, -0.1) is 0 Å². The molecule has 1 aromatic heterocycles. The van der Waals surface area contributed by atoms with E-state index in [-0.39, 0.29) is 5.97 Å². The van der Waals surface area contributed by atoms with E-state index in [1.54, 1.807) is 36.7 Å². The number of rotatable bonds is 4. The van der Waals surface area contributed by atoms with Gasteiger partial charge >= 0.3 is 5.97 Å². The fourth-order valence-electron chi connectivity index (χ4n) is 1.42. The van der Waals surface area contributed by atoms with Crippen molar-refractivity contribution < 1.29 is 9.53 Å². The SMILES string of the molecule is COC(=O)c1ccc(C=NNc2ccccn2)cc1. The van der Waals surface area contributed by atoms with E-state index < -0.39 is 0 Å². The van der Waals surface area contributed by atoms with E-state index in [9.17, 15) is 4.79 Å². The average molecular weight is 255 g/mol. The number of nitrogens with zero attached hydrogens (tertiary/aromatic N) is 2. The predicted molar refractivity (Wildman–Crippen MR) is 73.2 cm³/mol. The molecule has 1 N–H and O–H groups in total. The Hall–Kier alpha value is -2.69. The van der Waals surface area contributed by atoms with Crippen LogP contribution < -0.4 is 5.43 Å². The van der Waals surface area contributed by atoms with Gasteiger partial charge in [-0.05, 0) is 29.8 Å². The van der Waals surface area contributed by atoms with Crippen LogP contribution in [0.3, 0.4) is 0 Å². The number of pyridine rings is 1. The molecular weight excluding hydrogens is 242 g/mol. The zero-order chi connectivity index (χ0) is 13.5. The molecule has 0 saturated heterocycles. The molecule has 2 rings (SSSR count). The molecule has 0 radical (unpaired) electrons. The zero-order valence-corrected chi connectivity index (χ0v) is 10.4. The number of carbonyl (C=O) groups is 1. The molecule has 0 atom stereocenters. The topological polar surface area (TPSA) is 63.6 Å². The summed E-state index contributed by atoms with van der Waals surface area (Å²) in [6.45, 7) is 0. The van der Waals surface area contributed by atoms with Crippen molar-refractivity contribution in [1.29, 1.82) is 0 Å². The van der Waals surface area contributed by atoms with Crippen molar-refractivity contribution in [2.75, 3.05) is 12.5 Å². The van der Waals surface area contributed by atoms with Crippen molar-refractivity contribution in [2.45, 2.75) is 0 Å². The molecule has 1 heterocycles. The maximum Gasteiger partial charge on any atom is 0.337 e. The highest BCUT2D eigenvalue weighted by atomic mass is 16.5. The van der Waals surface area contributed by atoms with E-state index in [0.717, 1.165) is 5.56 Å². The first-order valence-corrected chi connectivity index (χ1v) is 5.68. The summed E-state index contributed by atoms with van der Waals surface area (Å²) in [6.07, 6.45) is 3.33. The second-order valence-electron chi connectivity index (χ2n) is 3.70. The van der Waals surface area contributed by atoms with Crippen molar-refractivity contribution in [2.24, 2.45) is 5.10 Å². The lowest BCUT2D eigenvalue weighted by Crippen LogP contribution is -2.00. The van der Waals surface area contributed by atoms with Crippen LogP contribution in [-0.2, 0) is 4.74 Å². The van der Waals surface area contributed by atoms with Crippen molar-refractivity contribution in [3.05, 3.63) is 59.8 Å². The van der Waals surface area contributed by atoms with Gasteiger partial charge in [-0.25, -0.2) is 9.78 Å². The quantitative estimate of drug-likeness (QED) is 0.517. The molecule has 0 amide bonds. The number of ether oxygens (including phenoxy) is 1. The molecule has 5 heteroatoms. The van der Waals surface area contributed by atoms with E-state index in [4.69, 9.17) is 0 Å². The number of esters is 1. The summed E-state index contributed by atoms with van der Waals surface area (Å²) in [5.41, 5.74) is 4.19. The van der Waals surface area contributed by atoms with Gasteiger partial charge in [-0.2, -0.15) is 5.10 Å². The minimum Gasteiger partial charge on any atom is -0.465 e. The molecule has 2 aromatic rings. The molecule has 0 aliphatic heterocycles. The van der Waals surface area contributed by atoms with Crippen LogP contribution in [0.4, 0.5) is 5.82 Å². The number of anilines is 1. The minimum atomic E-state index is -0.352. The molecule has 0 fully saturated rings. The Morgan fingerprint density at radius 3 is 2.68 bits per heavy atom. The van der Waals surface area contributed by atoms with Crippen LogP contribution in [0.25, 0.3) is 0 Å². The molecule has 0 unspecified atom stereocenters. The molecule has 5 nitrogen and oxygen atoms in total. The highest BCUT2D eigenvalue weighted by molar-refractivity contribution is 5.90. The van der Waals surface area contributed by atoms with Crippen LogP contribution in [0.1, 0.15) is 15.9 Å². The Bertz CT molecular complexity index is 565. The van der Waals surface area contributed by atoms with Crippen LogP contribution in [0, 0.1) is 0 Å². The molecule has 0 bridgehead atoms. The summed E-state index contributed by atoms with van der Waals surface area (Å²) < 4.78 is 4.62. The van der Waals surface area contributed by atoms with Gasteiger partial charge < -0.3 is 4.74 Å². The first kappa shape index (κ1) is 12.8. The normalized spacial score (nSPS) is 10.4. The third kappa shape index (κ3) is 3.64. The second-order valence-corrected chi connectivity index (χ2v) is 3.70. The number of hydrogen-bond acceptors (Lipinski definition) is 5. The summed E-state index contributed by atoms with van der Waals surface area (Å²) >= 11 is 0. The first-order valence-electron chi connectivity index (χ1n) is 5.68. The highest BCUT2D eigenvalue weighted by Gasteiger charge is 2.03. The number of benzene rings is 1. The Balaban J connectivity index is 1.98. The average Bonchev–Trinajstić information content (AvgIpc) is 2.48. The van der Waals surface area contributed by atoms with Gasteiger partial charge in [-0.3, -0.25) is 5.43 Å². The van der Waals surface area contributed by atoms with Crippen LogP contribution in [0.15, 0.2) is 53.8 Å². The smallest absolute Gasteiger partial charge is 0.337 e. The van der Waals surface area contributed by atoms with Gasteiger partial charge in [0.25, 0.3) is 0 Å². The van der Waals surface area contributed by atoms with Crippen LogP contribution in [0.2, 0.25) is 0 Å². The standard InChI is InChI=1S/C14H13N3O2/c1-19-14(18)12-7-5-11(6-8-12)10-16-17-13-4-2-3-9-15-13/h2-10H,1H3,(H,15,17). The summed E-state index contributed by atoms with van der Waals surface area (Å²) in [5, 5.41) is 4.05. The van der Waals surface area contributed by atoms with Gasteiger partial charge in [0.05, 0.1) is 18.9 Å². The number of hydrogen-bond donors (Lipinski definition) is 1. The van der Waals surface area contributed by atoms with Crippen molar-refractivity contribution in [3.8, 4) is 0 Å². The van der Waals surface area contributed by atoms with E-state index in [2.05, 4.69) is 20.2 Å². The molecule has 0 aliphatic carbocycles. The molecule has 0 spiro atoms. The maximum absolute atomic E-state index is 11.2. The first-order chi connectivity index (χ1) is 9.29. The largest absolute Gasteiger partial charge is 0.465 e. The van der Waals surface area contributed by atoms with Gasteiger partial charge in [0.1, 0.15) is 5.82 Å². The molecule has 0 aliphatic rings. The van der Waals surface area contributed by atoms with E-state index in [1.165, 1.54) is 7.11 Å². The fraction of sp³-hybridized carbons (Fsp3) is 0.0714. The Labute approximate surface area is 110 Å². The highest BCUT2D eigenvalue weighted by Crippen LogP contribution is 2.04. The number of aromatic nitrogens is 1. The molecule has 1 aromatic carbocycles. The Morgan fingerprint density at radius 1 is 1.26 bits per heavy atom. The number of methoxy groups -OCH3 is 1. The van der Waals surface area contributed by atoms with Crippen LogP contribution in [0.5, 0.6) is 0 Å². The Morgan fingerprint density at radius 2 is 2.05 bits per heavy atom. The van der Waals surface area contributed by atoms with Crippen molar-refractivity contribution >= 4 is 18.0 Å². The lowest BCUT2D eigenvalue weighted by molar-refractivity contribution is 0.0601. The molecule has 96 valence electrons. The van der Waals surface area contributed by atoms with E-state index in [0.29, 0.717) is 11.4 Å². The third-order valence-corrected chi connectivity index (χ3v) is 2.39. The summed E-state index contributed by atoms with van der Waals surface area (Å²) in [5.74, 6) is 0.319. The lowest BCUT2D eigenvalue weighted by Gasteiger charge is -2.00. The third-order valence-electron chi connectivity index (χ3n) is 2.39. The lowest BCUT2D eigenvalue weighted by atomic mass is 10.1. The minimum absolute atomic E-state index is 0.352. The fourth-order valence-corrected chi connectivity index (χ4v) is 1.42. The van der Waals surface area contributed by atoms with Gasteiger partial charge in [-0.1, -0.05) is 18.2 Å². The predicted octanol–water partition coefficient (Wildman–Crippen LogP) is 2.31. The summed E-state index contributed by atoms with van der Waals surface area (Å²) in [6, 6.07) is 12.5. The zero-order valence-electron chi connectivity index (χ0n) is 10.4. The monoisotopic (exact) mass is 255 g/mol. The Kier molecular flexibility index (Phi) is 4.23. The molecule has 19 heavy (non-hydrogen) atoms. The number of carbonyl (C=O) groups excluding carboxylic acids is 1. The van der Waals surface area contributed by atoms with E-state index >= 15 is 0 Å². The van der Waals surface area contributed by atoms with E-state index in [1.807, 2.05) is 18.2 Å². The number of nitrogens with one attached hydrogen (secondary N) is 1. The molecular formula is C14H13N3O2.